The predicted octanol–water partition coefficient (Wildman–Crippen LogP) is 1.70. The Morgan fingerprint density at radius 1 is 1.52 bits per heavy atom. The molecule has 1 aliphatic heterocycles. The molecule has 2 aromatic heterocycles. The molecule has 0 amide bonds. The molecule has 0 aromatic carbocycles. The predicted molar refractivity (Wildman–Crippen MR) is 75.7 cm³/mol. The summed E-state index contributed by atoms with van der Waals surface area (Å²) in [5.74, 6) is -1.31. The highest BCUT2D eigenvalue weighted by Crippen LogP contribution is 2.37. The number of aromatic carboxylic acids is 1. The fourth-order valence-electron chi connectivity index (χ4n) is 2.57. The molecule has 1 saturated heterocycles. The van der Waals surface area contributed by atoms with Crippen molar-refractivity contribution in [2.45, 2.75) is 23.9 Å². The molecule has 1 aliphatic rings. The largest absolute Gasteiger partial charge is 0.478 e. The summed E-state index contributed by atoms with van der Waals surface area (Å²) >= 11 is 1.51. The zero-order valence-electron chi connectivity index (χ0n) is 10.9. The van der Waals surface area contributed by atoms with E-state index in [1.54, 1.807) is 0 Å². The minimum atomic E-state index is -3.91. The second-order valence-corrected chi connectivity index (χ2v) is 7.36. The number of nitrogens with one attached hydrogen (secondary N) is 1. The van der Waals surface area contributed by atoms with Crippen LogP contribution >= 0.6 is 11.3 Å². The molecular formula is C12H13N3O4S2. The van der Waals surface area contributed by atoms with E-state index in [0.717, 1.165) is 24.6 Å². The molecule has 112 valence electrons. The van der Waals surface area contributed by atoms with E-state index in [0.29, 0.717) is 6.54 Å². The highest BCUT2D eigenvalue weighted by Gasteiger charge is 2.39. The minimum absolute atomic E-state index is 0.244. The van der Waals surface area contributed by atoms with Gasteiger partial charge in [0, 0.05) is 6.54 Å². The molecule has 0 radical (unpaired) electrons. The highest BCUT2D eigenvalue weighted by atomic mass is 32.2. The zero-order chi connectivity index (χ0) is 15.0. The van der Waals surface area contributed by atoms with Crippen LogP contribution in [0.5, 0.6) is 0 Å². The summed E-state index contributed by atoms with van der Waals surface area (Å²) in [6.07, 6.45) is 2.49. The Kier molecular flexibility index (Phi) is 3.56. The van der Waals surface area contributed by atoms with Crippen LogP contribution in [0.25, 0.3) is 0 Å². The van der Waals surface area contributed by atoms with Crippen molar-refractivity contribution >= 4 is 27.3 Å². The Hall–Kier alpha value is -1.71. The lowest BCUT2D eigenvalue weighted by Gasteiger charge is -2.22. The first-order chi connectivity index (χ1) is 10.0. The third-order valence-corrected chi connectivity index (χ3v) is 6.12. The SMILES string of the molecule is O=C(O)c1cn[nH]c1S(=O)(=O)N1CCCC1c1ccsc1. The number of carbonyl (C=O) groups is 1. The number of H-pyrrole nitrogens is 1. The normalized spacial score (nSPS) is 19.9. The Balaban J connectivity index is 2.01. The maximum absolute atomic E-state index is 12.7. The highest BCUT2D eigenvalue weighted by molar-refractivity contribution is 7.89. The van der Waals surface area contributed by atoms with Crippen LogP contribution in [-0.2, 0) is 10.0 Å². The summed E-state index contributed by atoms with van der Waals surface area (Å²) in [6.45, 7) is 0.376. The fourth-order valence-corrected chi connectivity index (χ4v) is 5.03. The molecule has 1 atom stereocenters. The Labute approximate surface area is 125 Å². The number of thiophene rings is 1. The van der Waals surface area contributed by atoms with Gasteiger partial charge >= 0.3 is 5.97 Å². The van der Waals surface area contributed by atoms with Crippen LogP contribution in [0.2, 0.25) is 0 Å². The van der Waals surface area contributed by atoms with Crippen LogP contribution in [0.3, 0.4) is 0 Å². The van der Waals surface area contributed by atoms with Crippen molar-refractivity contribution in [3.05, 3.63) is 34.2 Å². The van der Waals surface area contributed by atoms with E-state index in [9.17, 15) is 13.2 Å². The summed E-state index contributed by atoms with van der Waals surface area (Å²) in [4.78, 5) is 11.1. The van der Waals surface area contributed by atoms with Crippen LogP contribution in [0, 0.1) is 0 Å². The first-order valence-electron chi connectivity index (χ1n) is 6.32. The molecule has 2 aromatic rings. The fraction of sp³-hybridized carbons (Fsp3) is 0.333. The van der Waals surface area contributed by atoms with E-state index in [2.05, 4.69) is 10.2 Å². The lowest BCUT2D eigenvalue weighted by atomic mass is 10.1. The van der Waals surface area contributed by atoms with Crippen LogP contribution < -0.4 is 0 Å². The lowest BCUT2D eigenvalue weighted by molar-refractivity contribution is 0.0692. The number of nitrogens with zero attached hydrogens (tertiary/aromatic N) is 2. The second kappa shape index (κ2) is 5.24. The van der Waals surface area contributed by atoms with Gasteiger partial charge in [-0.25, -0.2) is 13.2 Å². The van der Waals surface area contributed by atoms with E-state index in [-0.39, 0.29) is 16.6 Å². The summed E-state index contributed by atoms with van der Waals surface area (Å²) < 4.78 is 26.8. The average molecular weight is 327 g/mol. The molecular weight excluding hydrogens is 314 g/mol. The van der Waals surface area contributed by atoms with Crippen LogP contribution in [0.1, 0.15) is 34.8 Å². The summed E-state index contributed by atoms with van der Waals surface area (Å²) in [5, 5.41) is 18.4. The van der Waals surface area contributed by atoms with Crippen LogP contribution in [0.15, 0.2) is 28.0 Å². The van der Waals surface area contributed by atoms with Gasteiger partial charge in [-0.1, -0.05) is 0 Å². The van der Waals surface area contributed by atoms with Crippen molar-refractivity contribution in [3.63, 3.8) is 0 Å². The van der Waals surface area contributed by atoms with E-state index in [4.69, 9.17) is 5.11 Å². The van der Waals surface area contributed by atoms with Crippen LogP contribution in [-0.4, -0.2) is 40.5 Å². The number of carboxylic acid groups (broad SMARTS) is 1. The second-order valence-electron chi connectivity index (χ2n) is 4.75. The van der Waals surface area contributed by atoms with Crippen molar-refractivity contribution in [2.24, 2.45) is 0 Å². The first-order valence-corrected chi connectivity index (χ1v) is 8.70. The summed E-state index contributed by atoms with van der Waals surface area (Å²) in [6, 6.07) is 1.65. The van der Waals surface area contributed by atoms with Gasteiger partial charge in [-0.3, -0.25) is 5.10 Å². The van der Waals surface area contributed by atoms with E-state index in [1.165, 1.54) is 15.6 Å². The molecule has 1 fully saturated rings. The number of aromatic amines is 1. The zero-order valence-corrected chi connectivity index (χ0v) is 12.5. The molecule has 3 heterocycles. The van der Waals surface area contributed by atoms with Gasteiger partial charge in [0.25, 0.3) is 10.0 Å². The molecule has 21 heavy (non-hydrogen) atoms. The van der Waals surface area contributed by atoms with Gasteiger partial charge in [-0.15, -0.1) is 0 Å². The van der Waals surface area contributed by atoms with Gasteiger partial charge in [0.2, 0.25) is 0 Å². The van der Waals surface area contributed by atoms with Crippen molar-refractivity contribution in [1.82, 2.24) is 14.5 Å². The van der Waals surface area contributed by atoms with Gasteiger partial charge in [-0.05, 0) is 35.2 Å². The molecule has 0 aliphatic carbocycles. The van der Waals surface area contributed by atoms with Gasteiger partial charge in [0.15, 0.2) is 5.03 Å². The number of hydrogen-bond donors (Lipinski definition) is 2. The number of carboxylic acids is 1. The third kappa shape index (κ3) is 2.37. The maximum atomic E-state index is 12.7. The number of sulfonamides is 1. The van der Waals surface area contributed by atoms with E-state index in [1.807, 2.05) is 16.8 Å². The number of rotatable bonds is 4. The van der Waals surface area contributed by atoms with E-state index >= 15 is 0 Å². The van der Waals surface area contributed by atoms with Gasteiger partial charge in [0.1, 0.15) is 5.56 Å². The average Bonchev–Trinajstić information content (AvgIpc) is 3.18. The molecule has 2 N–H and O–H groups in total. The van der Waals surface area contributed by atoms with Crippen molar-refractivity contribution in [3.8, 4) is 0 Å². The van der Waals surface area contributed by atoms with Crippen LogP contribution in [0.4, 0.5) is 0 Å². The molecule has 0 spiro atoms. The molecule has 0 saturated carbocycles. The number of aromatic nitrogens is 2. The standard InChI is InChI=1S/C12H13N3O4S2/c16-12(17)9-6-13-14-11(9)21(18,19)15-4-1-2-10(15)8-3-5-20-7-8/h3,5-7,10H,1-2,4H2,(H,13,14)(H,16,17). The molecule has 7 nitrogen and oxygen atoms in total. The maximum Gasteiger partial charge on any atom is 0.340 e. The van der Waals surface area contributed by atoms with E-state index < -0.39 is 16.0 Å². The smallest absolute Gasteiger partial charge is 0.340 e. The molecule has 3 rings (SSSR count). The summed E-state index contributed by atoms with van der Waals surface area (Å²) in [7, 11) is -3.91. The van der Waals surface area contributed by atoms with Gasteiger partial charge < -0.3 is 5.11 Å². The monoisotopic (exact) mass is 327 g/mol. The third-order valence-electron chi connectivity index (χ3n) is 3.53. The van der Waals surface area contributed by atoms with Crippen molar-refractivity contribution in [1.29, 1.82) is 0 Å². The summed E-state index contributed by atoms with van der Waals surface area (Å²) in [5.41, 5.74) is 0.614. The Morgan fingerprint density at radius 2 is 2.33 bits per heavy atom. The molecule has 0 bridgehead atoms. The van der Waals surface area contributed by atoms with Gasteiger partial charge in [-0.2, -0.15) is 20.7 Å². The lowest BCUT2D eigenvalue weighted by Crippen LogP contribution is -2.31. The molecule has 9 heteroatoms. The first kappa shape index (κ1) is 14.2. The Morgan fingerprint density at radius 3 is 3.00 bits per heavy atom. The van der Waals surface area contributed by atoms with Crippen molar-refractivity contribution in [2.75, 3.05) is 6.54 Å². The number of hydrogen-bond acceptors (Lipinski definition) is 5. The quantitative estimate of drug-likeness (QED) is 0.889. The Bertz CT molecular complexity index is 751. The minimum Gasteiger partial charge on any atom is -0.478 e. The topological polar surface area (TPSA) is 103 Å². The molecule has 1 unspecified atom stereocenters. The van der Waals surface area contributed by atoms with Crippen molar-refractivity contribution < 1.29 is 18.3 Å². The van der Waals surface area contributed by atoms with Gasteiger partial charge in [0.05, 0.1) is 12.2 Å².